The first kappa shape index (κ1) is 20.9. The molecule has 0 aliphatic carbocycles. The first-order chi connectivity index (χ1) is 11.0. The van der Waals surface area contributed by atoms with Crippen molar-refractivity contribution in [3.8, 4) is 0 Å². The lowest BCUT2D eigenvalue weighted by Crippen LogP contribution is -2.38. The van der Waals surface area contributed by atoms with E-state index >= 15 is 0 Å². The Morgan fingerprint density at radius 1 is 1.33 bits per heavy atom. The van der Waals surface area contributed by atoms with Crippen LogP contribution < -0.4 is 10.6 Å². The van der Waals surface area contributed by atoms with E-state index in [-0.39, 0.29) is 24.0 Å². The number of nitrogens with one attached hydrogen (secondary N) is 2. The lowest BCUT2D eigenvalue weighted by molar-refractivity contribution is 0.728. The summed E-state index contributed by atoms with van der Waals surface area (Å²) in [6.07, 6.45) is 3.94. The van der Waals surface area contributed by atoms with Gasteiger partial charge in [0.05, 0.1) is 10.7 Å². The lowest BCUT2D eigenvalue weighted by Gasteiger charge is -2.11. The zero-order valence-corrected chi connectivity index (χ0v) is 18.2. The van der Waals surface area contributed by atoms with Gasteiger partial charge in [-0.3, -0.25) is 9.67 Å². The van der Waals surface area contributed by atoms with Crippen molar-refractivity contribution in [3.63, 3.8) is 0 Å². The van der Waals surface area contributed by atoms with Crippen LogP contribution in [0.1, 0.15) is 33.8 Å². The van der Waals surface area contributed by atoms with Crippen LogP contribution in [0.15, 0.2) is 11.2 Å². The highest BCUT2D eigenvalue weighted by Crippen LogP contribution is 2.13. The largest absolute Gasteiger partial charge is 0.356 e. The van der Waals surface area contributed by atoms with E-state index in [1.165, 1.54) is 21.1 Å². The molecule has 8 heteroatoms. The summed E-state index contributed by atoms with van der Waals surface area (Å²) in [7, 11) is 3.76. The minimum atomic E-state index is 0. The summed E-state index contributed by atoms with van der Waals surface area (Å²) >= 11 is 1.79. The molecule has 2 heterocycles. The number of nitrogens with zero attached hydrogens (tertiary/aromatic N) is 4. The number of hydrogen-bond donors (Lipinski definition) is 2. The van der Waals surface area contributed by atoms with Gasteiger partial charge in [-0.1, -0.05) is 6.92 Å². The maximum absolute atomic E-state index is 4.44. The fourth-order valence-corrected chi connectivity index (χ4v) is 3.24. The molecule has 0 bridgehead atoms. The number of guanidine groups is 1. The monoisotopic (exact) mass is 462 g/mol. The first-order valence-electron chi connectivity index (χ1n) is 7.92. The van der Waals surface area contributed by atoms with Gasteiger partial charge in [0.1, 0.15) is 0 Å². The Morgan fingerprint density at radius 2 is 2.08 bits per heavy atom. The van der Waals surface area contributed by atoms with E-state index in [0.29, 0.717) is 0 Å². The molecule has 6 nitrogen and oxygen atoms in total. The maximum Gasteiger partial charge on any atom is 0.191 e. The average Bonchev–Trinajstić information content (AvgIpc) is 3.09. The molecule has 2 aromatic heterocycles. The van der Waals surface area contributed by atoms with E-state index < -0.39 is 0 Å². The predicted molar refractivity (Wildman–Crippen MR) is 111 cm³/mol. The normalized spacial score (nSPS) is 11.3. The van der Waals surface area contributed by atoms with Crippen LogP contribution in [0.5, 0.6) is 0 Å². The van der Waals surface area contributed by atoms with Crippen LogP contribution in [0.3, 0.4) is 0 Å². The van der Waals surface area contributed by atoms with Gasteiger partial charge >= 0.3 is 0 Å². The van der Waals surface area contributed by atoms with Crippen molar-refractivity contribution >= 4 is 41.3 Å². The Hall–Kier alpha value is -1.16. The first-order valence-corrected chi connectivity index (χ1v) is 8.74. The minimum absolute atomic E-state index is 0. The molecule has 0 fully saturated rings. The number of halogens is 1. The van der Waals surface area contributed by atoms with Crippen LogP contribution in [0.2, 0.25) is 0 Å². The van der Waals surface area contributed by atoms with E-state index in [4.69, 9.17) is 0 Å². The number of aromatic nitrogens is 3. The van der Waals surface area contributed by atoms with Gasteiger partial charge in [-0.2, -0.15) is 5.10 Å². The Bertz CT molecular complexity index is 676. The molecule has 0 aliphatic rings. The summed E-state index contributed by atoms with van der Waals surface area (Å²) in [6, 6.07) is 0. The fraction of sp³-hybridized carbons (Fsp3) is 0.562. The molecule has 134 valence electrons. The molecule has 2 rings (SSSR count). The number of rotatable bonds is 6. The predicted octanol–water partition coefficient (Wildman–Crippen LogP) is 2.58. The van der Waals surface area contributed by atoms with Crippen LogP contribution >= 0.6 is 35.3 Å². The molecule has 2 aromatic rings. The van der Waals surface area contributed by atoms with Crippen molar-refractivity contribution in [3.05, 3.63) is 33.0 Å². The molecule has 0 atom stereocenters. The fourth-order valence-electron chi connectivity index (χ4n) is 2.38. The van der Waals surface area contributed by atoms with E-state index in [1.54, 1.807) is 18.4 Å². The standard InChI is InChI=1S/C16H26N6S.HI/c1-6-13-9-19-15(23-13)7-8-18-16(17-4)20-10-14-11(2)21-22(5)12(14)3;/h9H,6-8,10H2,1-5H3,(H2,17,18,20);1H. The number of thiazole rings is 1. The zero-order valence-electron chi connectivity index (χ0n) is 15.0. The molecule has 2 N–H and O–H groups in total. The van der Waals surface area contributed by atoms with Gasteiger partial charge in [0.2, 0.25) is 0 Å². The Balaban J connectivity index is 0.00000288. The molecule has 0 radical (unpaired) electrons. The molecule has 0 aromatic carbocycles. The molecule has 0 saturated heterocycles. The minimum Gasteiger partial charge on any atom is -0.356 e. The van der Waals surface area contributed by atoms with Crippen molar-refractivity contribution in [2.75, 3.05) is 13.6 Å². The second kappa shape index (κ2) is 9.97. The van der Waals surface area contributed by atoms with Crippen molar-refractivity contribution < 1.29 is 0 Å². The van der Waals surface area contributed by atoms with Crippen LogP contribution in [-0.2, 0) is 26.4 Å². The highest BCUT2D eigenvalue weighted by Gasteiger charge is 2.09. The summed E-state index contributed by atoms with van der Waals surface area (Å²) in [5.41, 5.74) is 3.46. The molecule has 0 amide bonds. The van der Waals surface area contributed by atoms with Crippen LogP contribution in [0.25, 0.3) is 0 Å². The van der Waals surface area contributed by atoms with Crippen molar-refractivity contribution in [1.29, 1.82) is 0 Å². The number of aliphatic imine (C=N–C) groups is 1. The van der Waals surface area contributed by atoms with Gasteiger partial charge in [0.15, 0.2) is 5.96 Å². The van der Waals surface area contributed by atoms with Gasteiger partial charge in [-0.25, -0.2) is 4.98 Å². The lowest BCUT2D eigenvalue weighted by atomic mass is 10.2. The van der Waals surface area contributed by atoms with Crippen LogP contribution in [-0.4, -0.2) is 34.3 Å². The van der Waals surface area contributed by atoms with Gasteiger partial charge in [-0.15, -0.1) is 35.3 Å². The summed E-state index contributed by atoms with van der Waals surface area (Å²) < 4.78 is 1.91. The third-order valence-electron chi connectivity index (χ3n) is 3.90. The summed E-state index contributed by atoms with van der Waals surface area (Å²) in [6.45, 7) is 7.82. The second-order valence-electron chi connectivity index (χ2n) is 5.45. The van der Waals surface area contributed by atoms with E-state index in [9.17, 15) is 0 Å². The molecular formula is C16H27IN6S. The van der Waals surface area contributed by atoms with Crippen molar-refractivity contribution in [2.45, 2.75) is 40.2 Å². The second-order valence-corrected chi connectivity index (χ2v) is 6.65. The van der Waals surface area contributed by atoms with Crippen LogP contribution in [0, 0.1) is 13.8 Å². The quantitative estimate of drug-likeness (QED) is 0.394. The molecular weight excluding hydrogens is 435 g/mol. The molecule has 0 unspecified atom stereocenters. The Labute approximate surface area is 165 Å². The SMILES string of the molecule is CCc1cnc(CCNC(=NC)NCc2c(C)nn(C)c2C)s1.I. The smallest absolute Gasteiger partial charge is 0.191 e. The summed E-state index contributed by atoms with van der Waals surface area (Å²) in [5.74, 6) is 0.805. The molecule has 24 heavy (non-hydrogen) atoms. The number of aryl methyl sites for hydroxylation is 3. The van der Waals surface area contributed by atoms with Gasteiger partial charge < -0.3 is 10.6 Å². The highest BCUT2D eigenvalue weighted by molar-refractivity contribution is 14.0. The summed E-state index contributed by atoms with van der Waals surface area (Å²) in [5, 5.41) is 12.3. The van der Waals surface area contributed by atoms with Crippen molar-refractivity contribution in [1.82, 2.24) is 25.4 Å². The van der Waals surface area contributed by atoms with E-state index in [1.807, 2.05) is 24.9 Å². The Morgan fingerprint density at radius 3 is 2.62 bits per heavy atom. The molecule has 0 spiro atoms. The van der Waals surface area contributed by atoms with Gasteiger partial charge in [-0.05, 0) is 20.3 Å². The topological polar surface area (TPSA) is 67.1 Å². The van der Waals surface area contributed by atoms with Gasteiger partial charge in [0, 0.05) is 55.9 Å². The third-order valence-corrected chi connectivity index (χ3v) is 5.10. The Kier molecular flexibility index (Phi) is 8.68. The maximum atomic E-state index is 4.44. The van der Waals surface area contributed by atoms with Crippen molar-refractivity contribution in [2.24, 2.45) is 12.0 Å². The zero-order chi connectivity index (χ0) is 16.8. The van der Waals surface area contributed by atoms with E-state index in [0.717, 1.165) is 37.6 Å². The third kappa shape index (κ3) is 5.44. The van der Waals surface area contributed by atoms with Crippen LogP contribution in [0.4, 0.5) is 0 Å². The average molecular weight is 462 g/mol. The molecule has 0 aliphatic heterocycles. The van der Waals surface area contributed by atoms with E-state index in [2.05, 4.69) is 39.6 Å². The number of hydrogen-bond acceptors (Lipinski definition) is 4. The highest BCUT2D eigenvalue weighted by atomic mass is 127. The van der Waals surface area contributed by atoms with Gasteiger partial charge in [0.25, 0.3) is 0 Å². The summed E-state index contributed by atoms with van der Waals surface area (Å²) in [4.78, 5) is 10.0. The molecule has 0 saturated carbocycles.